The average Bonchev–Trinajstić information content (AvgIpc) is 2.21. The van der Waals surface area contributed by atoms with Gasteiger partial charge in [-0.2, -0.15) is 0 Å². The fourth-order valence-corrected chi connectivity index (χ4v) is 1.13. The summed E-state index contributed by atoms with van der Waals surface area (Å²) in [5, 5.41) is 0. The minimum atomic E-state index is -1.08. The molecule has 1 aromatic carbocycles. The highest BCUT2D eigenvalue weighted by Gasteiger charge is 2.15. The van der Waals surface area contributed by atoms with E-state index < -0.39 is 17.4 Å². The molecule has 0 aliphatic carbocycles. The molecule has 0 amide bonds. The van der Waals surface area contributed by atoms with Crippen molar-refractivity contribution in [3.63, 3.8) is 0 Å². The summed E-state index contributed by atoms with van der Waals surface area (Å²) in [4.78, 5) is 22.8. The molecule has 4 heteroatoms. The second-order valence-electron chi connectivity index (χ2n) is 3.85. The van der Waals surface area contributed by atoms with Crippen molar-refractivity contribution in [2.45, 2.75) is 20.3 Å². The first-order valence-corrected chi connectivity index (χ1v) is 4.92. The third-order valence-corrected chi connectivity index (χ3v) is 2.22. The standard InChI is InChI=1S/C12H12F2O2/c1-7(2)11(15)6-12(16)8-3-4-9(13)10(14)5-8/h3-5,7H,6H2,1-2H3. The maximum atomic E-state index is 12.8. The number of rotatable bonds is 4. The molecular weight excluding hydrogens is 214 g/mol. The number of carbonyl (C=O) groups excluding carboxylic acids is 2. The molecule has 1 rings (SSSR count). The first kappa shape index (κ1) is 12.5. The van der Waals surface area contributed by atoms with Gasteiger partial charge in [-0.3, -0.25) is 9.59 Å². The van der Waals surface area contributed by atoms with Crippen LogP contribution in [-0.4, -0.2) is 11.6 Å². The van der Waals surface area contributed by atoms with Crippen molar-refractivity contribution >= 4 is 11.6 Å². The summed E-state index contributed by atoms with van der Waals surface area (Å²) < 4.78 is 25.4. The molecule has 2 nitrogen and oxygen atoms in total. The Morgan fingerprint density at radius 2 is 1.81 bits per heavy atom. The van der Waals surface area contributed by atoms with Crippen molar-refractivity contribution in [1.82, 2.24) is 0 Å². The van der Waals surface area contributed by atoms with Crippen molar-refractivity contribution in [3.05, 3.63) is 35.4 Å². The van der Waals surface area contributed by atoms with E-state index in [1.165, 1.54) is 6.07 Å². The fourth-order valence-electron chi connectivity index (χ4n) is 1.13. The minimum absolute atomic E-state index is 0.0212. The van der Waals surface area contributed by atoms with Gasteiger partial charge in [0.15, 0.2) is 17.4 Å². The maximum absolute atomic E-state index is 12.8. The number of halogens is 2. The molecular formula is C12H12F2O2. The van der Waals surface area contributed by atoms with Gasteiger partial charge in [-0.1, -0.05) is 13.8 Å². The molecule has 0 fully saturated rings. The number of Topliss-reactive ketones (excluding diaryl/α,β-unsaturated/α-hetero) is 2. The Hall–Kier alpha value is -1.58. The second-order valence-corrected chi connectivity index (χ2v) is 3.85. The van der Waals surface area contributed by atoms with Crippen LogP contribution in [0.4, 0.5) is 8.78 Å². The van der Waals surface area contributed by atoms with E-state index in [2.05, 4.69) is 0 Å². The Morgan fingerprint density at radius 3 is 2.31 bits per heavy atom. The van der Waals surface area contributed by atoms with Crippen LogP contribution in [0.2, 0.25) is 0 Å². The number of hydrogen-bond donors (Lipinski definition) is 0. The van der Waals surface area contributed by atoms with E-state index in [0.29, 0.717) is 0 Å². The van der Waals surface area contributed by atoms with Gasteiger partial charge in [0.2, 0.25) is 0 Å². The first-order chi connectivity index (χ1) is 7.41. The molecule has 0 aliphatic heterocycles. The van der Waals surface area contributed by atoms with Gasteiger partial charge in [0.05, 0.1) is 6.42 Å². The molecule has 0 atom stereocenters. The van der Waals surface area contributed by atoms with Crippen LogP contribution in [0.15, 0.2) is 18.2 Å². The lowest BCUT2D eigenvalue weighted by atomic mass is 10.00. The van der Waals surface area contributed by atoms with Gasteiger partial charge in [0.25, 0.3) is 0 Å². The third kappa shape index (κ3) is 2.95. The van der Waals surface area contributed by atoms with Gasteiger partial charge in [0, 0.05) is 11.5 Å². The molecule has 0 N–H and O–H groups in total. The van der Waals surface area contributed by atoms with Gasteiger partial charge in [0.1, 0.15) is 5.78 Å². The Kier molecular flexibility index (Phi) is 3.88. The quantitative estimate of drug-likeness (QED) is 0.584. The summed E-state index contributed by atoms with van der Waals surface area (Å²) >= 11 is 0. The van der Waals surface area contributed by atoms with E-state index >= 15 is 0 Å². The summed E-state index contributed by atoms with van der Waals surface area (Å²) in [6.45, 7) is 3.36. The predicted molar refractivity (Wildman–Crippen MR) is 55.2 cm³/mol. The molecule has 1 aromatic rings. The summed E-state index contributed by atoms with van der Waals surface area (Å²) in [6, 6.07) is 2.86. The maximum Gasteiger partial charge on any atom is 0.170 e. The highest BCUT2D eigenvalue weighted by Crippen LogP contribution is 2.12. The number of ketones is 2. The van der Waals surface area contributed by atoms with E-state index in [-0.39, 0.29) is 23.7 Å². The van der Waals surface area contributed by atoms with Crippen molar-refractivity contribution < 1.29 is 18.4 Å². The van der Waals surface area contributed by atoms with Gasteiger partial charge in [-0.05, 0) is 18.2 Å². The molecule has 0 heterocycles. The zero-order chi connectivity index (χ0) is 12.3. The fraction of sp³-hybridized carbons (Fsp3) is 0.333. The Balaban J connectivity index is 2.81. The van der Waals surface area contributed by atoms with Gasteiger partial charge in [-0.25, -0.2) is 8.78 Å². The average molecular weight is 226 g/mol. The largest absolute Gasteiger partial charge is 0.299 e. The molecule has 0 unspecified atom stereocenters. The molecule has 0 aromatic heterocycles. The number of hydrogen-bond acceptors (Lipinski definition) is 2. The number of benzene rings is 1. The monoisotopic (exact) mass is 226 g/mol. The van der Waals surface area contributed by atoms with E-state index in [1.54, 1.807) is 13.8 Å². The molecule has 0 spiro atoms. The highest BCUT2D eigenvalue weighted by atomic mass is 19.2. The lowest BCUT2D eigenvalue weighted by molar-refractivity contribution is -0.121. The van der Waals surface area contributed by atoms with Crippen LogP contribution < -0.4 is 0 Å². The van der Waals surface area contributed by atoms with Crippen LogP contribution in [0.3, 0.4) is 0 Å². The summed E-state index contributed by atoms with van der Waals surface area (Å²) in [6.07, 6.45) is -0.275. The Labute approximate surface area is 92.3 Å². The van der Waals surface area contributed by atoms with Crippen LogP contribution in [0.5, 0.6) is 0 Å². The van der Waals surface area contributed by atoms with Gasteiger partial charge >= 0.3 is 0 Å². The van der Waals surface area contributed by atoms with Crippen LogP contribution in [0.25, 0.3) is 0 Å². The first-order valence-electron chi connectivity index (χ1n) is 4.92. The zero-order valence-electron chi connectivity index (χ0n) is 9.09. The lowest BCUT2D eigenvalue weighted by Gasteiger charge is -2.03. The second kappa shape index (κ2) is 4.96. The van der Waals surface area contributed by atoms with Gasteiger partial charge in [-0.15, -0.1) is 0 Å². The van der Waals surface area contributed by atoms with E-state index in [4.69, 9.17) is 0 Å². The third-order valence-electron chi connectivity index (χ3n) is 2.22. The summed E-state index contributed by atoms with van der Waals surface area (Å²) in [5.41, 5.74) is 0.0212. The lowest BCUT2D eigenvalue weighted by Crippen LogP contribution is -2.13. The number of carbonyl (C=O) groups is 2. The SMILES string of the molecule is CC(C)C(=O)CC(=O)c1ccc(F)c(F)c1. The van der Waals surface area contributed by atoms with Crippen LogP contribution in [-0.2, 0) is 4.79 Å². The highest BCUT2D eigenvalue weighted by molar-refractivity contribution is 6.08. The molecule has 0 radical (unpaired) electrons. The Morgan fingerprint density at radius 1 is 1.19 bits per heavy atom. The van der Waals surface area contributed by atoms with Crippen molar-refractivity contribution in [2.75, 3.05) is 0 Å². The summed E-state index contributed by atoms with van der Waals surface area (Å²) in [7, 11) is 0. The van der Waals surface area contributed by atoms with Crippen molar-refractivity contribution in [1.29, 1.82) is 0 Å². The molecule has 0 saturated heterocycles. The topological polar surface area (TPSA) is 34.1 Å². The van der Waals surface area contributed by atoms with E-state index in [0.717, 1.165) is 12.1 Å². The van der Waals surface area contributed by atoms with Crippen molar-refractivity contribution in [2.24, 2.45) is 5.92 Å². The summed E-state index contributed by atoms with van der Waals surface area (Å²) in [5.74, 6) is -3.03. The van der Waals surface area contributed by atoms with Crippen LogP contribution in [0.1, 0.15) is 30.6 Å². The van der Waals surface area contributed by atoms with Crippen LogP contribution in [0, 0.1) is 17.6 Å². The Bertz CT molecular complexity index is 425. The minimum Gasteiger partial charge on any atom is -0.299 e. The van der Waals surface area contributed by atoms with E-state index in [1.807, 2.05) is 0 Å². The smallest absolute Gasteiger partial charge is 0.170 e. The normalized spacial score (nSPS) is 10.6. The molecule has 16 heavy (non-hydrogen) atoms. The van der Waals surface area contributed by atoms with Crippen LogP contribution >= 0.6 is 0 Å². The molecule has 0 saturated carbocycles. The predicted octanol–water partition coefficient (Wildman–Crippen LogP) is 2.76. The van der Waals surface area contributed by atoms with E-state index in [9.17, 15) is 18.4 Å². The van der Waals surface area contributed by atoms with Gasteiger partial charge < -0.3 is 0 Å². The molecule has 0 bridgehead atoms. The van der Waals surface area contributed by atoms with Crippen molar-refractivity contribution in [3.8, 4) is 0 Å². The molecule has 86 valence electrons. The zero-order valence-corrected chi connectivity index (χ0v) is 9.09. The molecule has 0 aliphatic rings.